The maximum atomic E-state index is 13.2. The first-order chi connectivity index (χ1) is 9.70. The molecule has 1 aliphatic rings. The monoisotopic (exact) mass is 278 g/mol. The fourth-order valence-electron chi connectivity index (χ4n) is 2.70. The molecule has 1 aliphatic heterocycles. The van der Waals surface area contributed by atoms with E-state index in [4.69, 9.17) is 0 Å². The lowest BCUT2D eigenvalue weighted by Crippen LogP contribution is -2.31. The first-order valence-corrected chi connectivity index (χ1v) is 7.47. The minimum atomic E-state index is -0.212. The Hall–Kier alpha value is -1.42. The van der Waals surface area contributed by atoms with Gasteiger partial charge in [-0.25, -0.2) is 4.39 Å². The Labute approximate surface area is 120 Å². The number of carbonyl (C=O) groups is 1. The topological polar surface area (TPSA) is 32.3 Å². The van der Waals surface area contributed by atoms with Gasteiger partial charge in [0.05, 0.1) is 0 Å². The second kappa shape index (κ2) is 7.39. The molecule has 1 unspecified atom stereocenters. The van der Waals surface area contributed by atoms with E-state index in [9.17, 15) is 9.18 Å². The summed E-state index contributed by atoms with van der Waals surface area (Å²) in [7, 11) is 0. The van der Waals surface area contributed by atoms with Gasteiger partial charge in [0.1, 0.15) is 5.82 Å². The summed E-state index contributed by atoms with van der Waals surface area (Å²) in [6.45, 7) is 4.51. The fourth-order valence-corrected chi connectivity index (χ4v) is 2.70. The van der Waals surface area contributed by atoms with Crippen molar-refractivity contribution in [3.05, 3.63) is 35.6 Å². The molecule has 1 amide bonds. The predicted octanol–water partition coefficient (Wildman–Crippen LogP) is 2.88. The van der Waals surface area contributed by atoms with Crippen LogP contribution in [0.1, 0.15) is 44.2 Å². The number of halogens is 1. The first-order valence-electron chi connectivity index (χ1n) is 7.47. The van der Waals surface area contributed by atoms with Crippen molar-refractivity contribution in [1.29, 1.82) is 0 Å². The van der Waals surface area contributed by atoms with Gasteiger partial charge in [-0.2, -0.15) is 0 Å². The summed E-state index contributed by atoms with van der Waals surface area (Å²) >= 11 is 0. The maximum Gasteiger partial charge on any atom is 0.223 e. The van der Waals surface area contributed by atoms with Crippen LogP contribution in [-0.2, 0) is 4.79 Å². The van der Waals surface area contributed by atoms with Crippen molar-refractivity contribution in [2.24, 2.45) is 0 Å². The molecule has 20 heavy (non-hydrogen) atoms. The summed E-state index contributed by atoms with van der Waals surface area (Å²) < 4.78 is 13.2. The van der Waals surface area contributed by atoms with Crippen molar-refractivity contribution in [2.45, 2.75) is 38.6 Å². The van der Waals surface area contributed by atoms with E-state index in [-0.39, 0.29) is 17.8 Å². The molecule has 1 aromatic rings. The number of nitrogens with zero attached hydrogens (tertiary/aromatic N) is 1. The van der Waals surface area contributed by atoms with Gasteiger partial charge in [-0.05, 0) is 37.0 Å². The lowest BCUT2D eigenvalue weighted by atomic mass is 10.0. The minimum Gasteiger partial charge on any atom is -0.343 e. The summed E-state index contributed by atoms with van der Waals surface area (Å²) in [4.78, 5) is 13.9. The highest BCUT2D eigenvalue weighted by molar-refractivity contribution is 5.76. The highest BCUT2D eigenvalue weighted by Crippen LogP contribution is 2.17. The SMILES string of the molecule is CCC(NCCC(=O)N1CCCC1)c1cccc(F)c1. The largest absolute Gasteiger partial charge is 0.343 e. The van der Waals surface area contributed by atoms with Gasteiger partial charge in [-0.1, -0.05) is 19.1 Å². The number of amides is 1. The van der Waals surface area contributed by atoms with Crippen LogP contribution >= 0.6 is 0 Å². The van der Waals surface area contributed by atoms with Crippen LogP contribution < -0.4 is 5.32 Å². The van der Waals surface area contributed by atoms with E-state index in [1.807, 2.05) is 11.0 Å². The summed E-state index contributed by atoms with van der Waals surface area (Å²) in [5, 5.41) is 3.35. The van der Waals surface area contributed by atoms with Crippen LogP contribution in [0.3, 0.4) is 0 Å². The third kappa shape index (κ3) is 4.04. The highest BCUT2D eigenvalue weighted by atomic mass is 19.1. The van der Waals surface area contributed by atoms with Gasteiger partial charge in [0.2, 0.25) is 5.91 Å². The van der Waals surface area contributed by atoms with Gasteiger partial charge in [0, 0.05) is 32.1 Å². The van der Waals surface area contributed by atoms with E-state index in [1.54, 1.807) is 12.1 Å². The second-order valence-corrected chi connectivity index (χ2v) is 5.31. The van der Waals surface area contributed by atoms with Gasteiger partial charge < -0.3 is 10.2 Å². The van der Waals surface area contributed by atoms with Crippen LogP contribution in [0.5, 0.6) is 0 Å². The van der Waals surface area contributed by atoms with Crippen molar-refractivity contribution in [2.75, 3.05) is 19.6 Å². The maximum absolute atomic E-state index is 13.2. The quantitative estimate of drug-likeness (QED) is 0.868. The summed E-state index contributed by atoms with van der Waals surface area (Å²) in [6.07, 6.45) is 3.65. The molecule has 1 aromatic carbocycles. The van der Waals surface area contributed by atoms with E-state index in [0.717, 1.165) is 37.9 Å². The molecular formula is C16H23FN2O. The van der Waals surface area contributed by atoms with Crippen LogP contribution in [0.4, 0.5) is 4.39 Å². The molecule has 1 fully saturated rings. The molecule has 3 nitrogen and oxygen atoms in total. The third-order valence-electron chi connectivity index (χ3n) is 3.85. The Bertz CT molecular complexity index is 444. The molecule has 0 saturated carbocycles. The number of carbonyl (C=O) groups excluding carboxylic acids is 1. The molecule has 1 N–H and O–H groups in total. The van der Waals surface area contributed by atoms with Crippen LogP contribution in [0.25, 0.3) is 0 Å². The molecule has 1 saturated heterocycles. The second-order valence-electron chi connectivity index (χ2n) is 5.31. The van der Waals surface area contributed by atoms with Crippen molar-refractivity contribution >= 4 is 5.91 Å². The lowest BCUT2D eigenvalue weighted by molar-refractivity contribution is -0.130. The molecule has 0 radical (unpaired) electrons. The molecule has 0 aliphatic carbocycles. The number of hydrogen-bond acceptors (Lipinski definition) is 2. The zero-order valence-corrected chi connectivity index (χ0v) is 12.1. The van der Waals surface area contributed by atoms with Crippen molar-refractivity contribution in [1.82, 2.24) is 10.2 Å². The Morgan fingerprint density at radius 3 is 2.80 bits per heavy atom. The Kier molecular flexibility index (Phi) is 5.53. The number of likely N-dealkylation sites (tertiary alicyclic amines) is 1. The van der Waals surface area contributed by atoms with Crippen LogP contribution in [0, 0.1) is 5.82 Å². The fraction of sp³-hybridized carbons (Fsp3) is 0.562. The Morgan fingerprint density at radius 2 is 2.15 bits per heavy atom. The predicted molar refractivity (Wildman–Crippen MR) is 77.9 cm³/mol. The van der Waals surface area contributed by atoms with E-state index in [2.05, 4.69) is 12.2 Å². The van der Waals surface area contributed by atoms with Crippen molar-refractivity contribution in [3.8, 4) is 0 Å². The Balaban J connectivity index is 1.80. The molecule has 110 valence electrons. The first kappa shape index (κ1) is 15.0. The standard InChI is InChI=1S/C16H23FN2O/c1-2-15(13-6-5-7-14(17)12-13)18-9-8-16(20)19-10-3-4-11-19/h5-7,12,15,18H,2-4,8-11H2,1H3. The molecule has 1 heterocycles. The third-order valence-corrected chi connectivity index (χ3v) is 3.85. The van der Waals surface area contributed by atoms with Crippen molar-refractivity contribution < 1.29 is 9.18 Å². The van der Waals surface area contributed by atoms with Gasteiger partial charge in [-0.3, -0.25) is 4.79 Å². The van der Waals surface area contributed by atoms with Crippen molar-refractivity contribution in [3.63, 3.8) is 0 Å². The number of nitrogens with one attached hydrogen (secondary N) is 1. The number of benzene rings is 1. The van der Waals surface area contributed by atoms with E-state index < -0.39 is 0 Å². The summed E-state index contributed by atoms with van der Waals surface area (Å²) in [6, 6.07) is 6.77. The average molecular weight is 278 g/mol. The van der Waals surface area contributed by atoms with E-state index in [1.165, 1.54) is 6.07 Å². The molecule has 2 rings (SSSR count). The van der Waals surface area contributed by atoms with E-state index >= 15 is 0 Å². The molecular weight excluding hydrogens is 255 g/mol. The lowest BCUT2D eigenvalue weighted by Gasteiger charge is -2.19. The smallest absolute Gasteiger partial charge is 0.223 e. The average Bonchev–Trinajstić information content (AvgIpc) is 2.97. The summed E-state index contributed by atoms with van der Waals surface area (Å²) in [5.41, 5.74) is 0.945. The zero-order valence-electron chi connectivity index (χ0n) is 12.1. The normalized spacial score (nSPS) is 16.4. The zero-order chi connectivity index (χ0) is 14.4. The van der Waals surface area contributed by atoms with Crippen LogP contribution in [0.15, 0.2) is 24.3 Å². The van der Waals surface area contributed by atoms with Gasteiger partial charge in [0.25, 0.3) is 0 Å². The number of rotatable bonds is 6. The highest BCUT2D eigenvalue weighted by Gasteiger charge is 2.17. The van der Waals surface area contributed by atoms with Gasteiger partial charge in [-0.15, -0.1) is 0 Å². The molecule has 4 heteroatoms. The number of hydrogen-bond donors (Lipinski definition) is 1. The molecule has 0 spiro atoms. The van der Waals surface area contributed by atoms with E-state index in [0.29, 0.717) is 13.0 Å². The molecule has 1 atom stereocenters. The van der Waals surface area contributed by atoms with Crippen LogP contribution in [0.2, 0.25) is 0 Å². The Morgan fingerprint density at radius 1 is 1.40 bits per heavy atom. The van der Waals surface area contributed by atoms with Crippen LogP contribution in [-0.4, -0.2) is 30.4 Å². The minimum absolute atomic E-state index is 0.108. The van der Waals surface area contributed by atoms with Gasteiger partial charge in [0.15, 0.2) is 0 Å². The summed E-state index contributed by atoms with van der Waals surface area (Å²) in [5.74, 6) is 0.0139. The molecule has 0 aromatic heterocycles. The van der Waals surface area contributed by atoms with Gasteiger partial charge >= 0.3 is 0 Å². The molecule has 0 bridgehead atoms.